The zero-order valence-corrected chi connectivity index (χ0v) is 11.6. The van der Waals surface area contributed by atoms with Gasteiger partial charge in [0.25, 0.3) is 0 Å². The molecule has 1 aromatic carbocycles. The summed E-state index contributed by atoms with van der Waals surface area (Å²) in [5.41, 5.74) is 3.72. The molecule has 0 aliphatic heterocycles. The van der Waals surface area contributed by atoms with Crippen LogP contribution in [0.15, 0.2) is 24.5 Å². The van der Waals surface area contributed by atoms with Crippen LogP contribution in [0.5, 0.6) is 5.75 Å². The minimum absolute atomic E-state index is 0.415. The molecule has 4 nitrogen and oxygen atoms in total. The van der Waals surface area contributed by atoms with Gasteiger partial charge in [0.05, 0.1) is 7.11 Å². The SMILES string of the molecule is COc1cc(C)c(C(O)c2ncc(C)cn2)cc1C. The van der Waals surface area contributed by atoms with E-state index in [0.717, 1.165) is 28.0 Å². The average Bonchev–Trinajstić information content (AvgIpc) is 2.41. The Kier molecular flexibility index (Phi) is 3.81. The summed E-state index contributed by atoms with van der Waals surface area (Å²) in [6, 6.07) is 3.84. The first kappa shape index (κ1) is 13.5. The van der Waals surface area contributed by atoms with E-state index in [2.05, 4.69) is 9.97 Å². The van der Waals surface area contributed by atoms with Crippen molar-refractivity contribution >= 4 is 0 Å². The van der Waals surface area contributed by atoms with Crippen LogP contribution in [-0.4, -0.2) is 22.2 Å². The van der Waals surface area contributed by atoms with Crippen LogP contribution in [0.2, 0.25) is 0 Å². The van der Waals surface area contributed by atoms with Gasteiger partial charge in [-0.2, -0.15) is 0 Å². The molecule has 0 fully saturated rings. The Morgan fingerprint density at radius 1 is 1.05 bits per heavy atom. The predicted octanol–water partition coefficient (Wildman–Crippen LogP) is 2.49. The highest BCUT2D eigenvalue weighted by Gasteiger charge is 2.17. The summed E-state index contributed by atoms with van der Waals surface area (Å²) in [6.07, 6.45) is 2.60. The summed E-state index contributed by atoms with van der Waals surface area (Å²) in [5.74, 6) is 1.23. The van der Waals surface area contributed by atoms with Crippen molar-refractivity contribution in [1.29, 1.82) is 0 Å². The van der Waals surface area contributed by atoms with E-state index in [9.17, 15) is 5.11 Å². The van der Waals surface area contributed by atoms with Gasteiger partial charge < -0.3 is 9.84 Å². The second kappa shape index (κ2) is 5.36. The van der Waals surface area contributed by atoms with Crippen molar-refractivity contribution in [1.82, 2.24) is 9.97 Å². The molecule has 0 saturated carbocycles. The fraction of sp³-hybridized carbons (Fsp3) is 0.333. The van der Waals surface area contributed by atoms with Crippen LogP contribution in [0.3, 0.4) is 0 Å². The third kappa shape index (κ3) is 2.74. The number of aryl methyl sites for hydroxylation is 3. The molecule has 0 aliphatic rings. The highest BCUT2D eigenvalue weighted by Crippen LogP contribution is 2.28. The highest BCUT2D eigenvalue weighted by molar-refractivity contribution is 5.43. The van der Waals surface area contributed by atoms with Crippen LogP contribution in [0.25, 0.3) is 0 Å². The van der Waals surface area contributed by atoms with Gasteiger partial charge in [0.15, 0.2) is 5.82 Å². The van der Waals surface area contributed by atoms with Crippen molar-refractivity contribution < 1.29 is 9.84 Å². The molecule has 0 spiro atoms. The van der Waals surface area contributed by atoms with E-state index in [4.69, 9.17) is 4.74 Å². The molecule has 0 saturated heterocycles. The standard InChI is InChI=1S/C15H18N2O2/c1-9-7-16-15(17-8-9)14(18)12-5-11(3)13(19-4)6-10(12)2/h5-8,14,18H,1-4H3. The van der Waals surface area contributed by atoms with Crippen molar-refractivity contribution in [2.45, 2.75) is 26.9 Å². The maximum Gasteiger partial charge on any atom is 0.161 e. The minimum atomic E-state index is -0.815. The van der Waals surface area contributed by atoms with Gasteiger partial charge in [-0.3, -0.25) is 0 Å². The molecule has 0 bridgehead atoms. The average molecular weight is 258 g/mol. The number of hydrogen-bond donors (Lipinski definition) is 1. The molecule has 1 aromatic heterocycles. The number of ether oxygens (including phenoxy) is 1. The Bertz CT molecular complexity index is 579. The quantitative estimate of drug-likeness (QED) is 0.919. The monoisotopic (exact) mass is 258 g/mol. The fourth-order valence-corrected chi connectivity index (χ4v) is 2.01. The van der Waals surface area contributed by atoms with E-state index >= 15 is 0 Å². The largest absolute Gasteiger partial charge is 0.496 e. The first-order valence-corrected chi connectivity index (χ1v) is 6.14. The molecule has 100 valence electrons. The molecule has 1 heterocycles. The van der Waals surface area contributed by atoms with Crippen molar-refractivity contribution in [3.63, 3.8) is 0 Å². The molecule has 0 amide bonds. The van der Waals surface area contributed by atoms with Crippen LogP contribution >= 0.6 is 0 Å². The van der Waals surface area contributed by atoms with Crippen molar-refractivity contribution in [2.24, 2.45) is 0 Å². The van der Waals surface area contributed by atoms with Gasteiger partial charge in [0.2, 0.25) is 0 Å². The molecule has 2 rings (SSSR count). The first-order chi connectivity index (χ1) is 9.02. The number of aliphatic hydroxyl groups is 1. The Hall–Kier alpha value is -1.94. The summed E-state index contributed by atoms with van der Waals surface area (Å²) in [6.45, 7) is 5.80. The maximum atomic E-state index is 10.4. The lowest BCUT2D eigenvalue weighted by Gasteiger charge is -2.15. The van der Waals surface area contributed by atoms with Crippen LogP contribution in [0, 0.1) is 20.8 Å². The van der Waals surface area contributed by atoms with Gasteiger partial charge in [-0.25, -0.2) is 9.97 Å². The highest BCUT2D eigenvalue weighted by atomic mass is 16.5. The normalized spacial score (nSPS) is 12.3. The summed E-state index contributed by atoms with van der Waals surface area (Å²) < 4.78 is 5.27. The van der Waals surface area contributed by atoms with E-state index < -0.39 is 6.10 Å². The number of rotatable bonds is 3. The lowest BCUT2D eigenvalue weighted by Crippen LogP contribution is -2.07. The second-order valence-corrected chi connectivity index (χ2v) is 4.70. The van der Waals surface area contributed by atoms with Crippen molar-refractivity contribution in [3.8, 4) is 5.75 Å². The summed E-state index contributed by atoms with van der Waals surface area (Å²) in [4.78, 5) is 8.35. The molecular formula is C15H18N2O2. The Labute approximate surface area is 113 Å². The maximum absolute atomic E-state index is 10.4. The van der Waals surface area contributed by atoms with Gasteiger partial charge in [-0.05, 0) is 55.2 Å². The number of benzene rings is 1. The Balaban J connectivity index is 2.41. The number of nitrogens with zero attached hydrogens (tertiary/aromatic N) is 2. The van der Waals surface area contributed by atoms with Gasteiger partial charge in [0, 0.05) is 12.4 Å². The number of methoxy groups -OCH3 is 1. The number of aromatic nitrogens is 2. The zero-order valence-electron chi connectivity index (χ0n) is 11.6. The number of hydrogen-bond acceptors (Lipinski definition) is 4. The molecule has 4 heteroatoms. The van der Waals surface area contributed by atoms with E-state index in [-0.39, 0.29) is 0 Å². The summed E-state index contributed by atoms with van der Waals surface area (Å²) >= 11 is 0. The zero-order chi connectivity index (χ0) is 14.0. The van der Waals surface area contributed by atoms with Crippen molar-refractivity contribution in [2.75, 3.05) is 7.11 Å². The van der Waals surface area contributed by atoms with Crippen LogP contribution in [0.4, 0.5) is 0 Å². The topological polar surface area (TPSA) is 55.2 Å². The molecule has 19 heavy (non-hydrogen) atoms. The van der Waals surface area contributed by atoms with Gasteiger partial charge in [-0.1, -0.05) is 0 Å². The minimum Gasteiger partial charge on any atom is -0.496 e. The molecule has 1 unspecified atom stereocenters. The summed E-state index contributed by atoms with van der Waals surface area (Å²) in [5, 5.41) is 10.4. The van der Waals surface area contributed by atoms with Gasteiger partial charge >= 0.3 is 0 Å². The van der Waals surface area contributed by atoms with Crippen LogP contribution in [0.1, 0.15) is 34.2 Å². The third-order valence-corrected chi connectivity index (χ3v) is 3.12. The molecule has 1 atom stereocenters. The van der Waals surface area contributed by atoms with E-state index in [1.807, 2.05) is 32.9 Å². The molecule has 0 aliphatic carbocycles. The van der Waals surface area contributed by atoms with Crippen LogP contribution < -0.4 is 4.74 Å². The molecule has 1 N–H and O–H groups in total. The smallest absolute Gasteiger partial charge is 0.161 e. The molecule has 2 aromatic rings. The second-order valence-electron chi connectivity index (χ2n) is 4.70. The van der Waals surface area contributed by atoms with Crippen molar-refractivity contribution in [3.05, 3.63) is 52.6 Å². The molecule has 0 radical (unpaired) electrons. The van der Waals surface area contributed by atoms with E-state index in [1.165, 1.54) is 0 Å². The van der Waals surface area contributed by atoms with E-state index in [0.29, 0.717) is 5.82 Å². The fourth-order valence-electron chi connectivity index (χ4n) is 2.01. The lowest BCUT2D eigenvalue weighted by atomic mass is 9.99. The van der Waals surface area contributed by atoms with Gasteiger partial charge in [0.1, 0.15) is 11.9 Å². The summed E-state index contributed by atoms with van der Waals surface area (Å²) in [7, 11) is 1.64. The lowest BCUT2D eigenvalue weighted by molar-refractivity contribution is 0.208. The van der Waals surface area contributed by atoms with E-state index in [1.54, 1.807) is 19.5 Å². The number of aliphatic hydroxyl groups excluding tert-OH is 1. The van der Waals surface area contributed by atoms with Crippen LogP contribution in [-0.2, 0) is 0 Å². The Morgan fingerprint density at radius 2 is 1.68 bits per heavy atom. The first-order valence-electron chi connectivity index (χ1n) is 6.14. The molecular weight excluding hydrogens is 240 g/mol. The predicted molar refractivity (Wildman–Crippen MR) is 73.3 cm³/mol. The third-order valence-electron chi connectivity index (χ3n) is 3.12. The Morgan fingerprint density at radius 3 is 2.26 bits per heavy atom. The van der Waals surface area contributed by atoms with Gasteiger partial charge in [-0.15, -0.1) is 0 Å².